The third-order valence-electron chi connectivity index (χ3n) is 3.03. The number of hydrogen-bond donors (Lipinski definition) is 2. The zero-order valence-electron chi connectivity index (χ0n) is 9.40. The Morgan fingerprint density at radius 2 is 2.00 bits per heavy atom. The summed E-state index contributed by atoms with van der Waals surface area (Å²) < 4.78 is 1.13. The number of carboxylic acids is 1. The highest BCUT2D eigenvalue weighted by Crippen LogP contribution is 2.30. The molecule has 3 N–H and O–H groups in total. The van der Waals surface area contributed by atoms with E-state index in [9.17, 15) is 4.79 Å². The molecule has 1 aromatic rings. The molecule has 0 amide bonds. The largest absolute Gasteiger partial charge is 0.481 e. The van der Waals surface area contributed by atoms with Gasteiger partial charge in [-0.05, 0) is 47.2 Å². The van der Waals surface area contributed by atoms with Crippen LogP contribution in [0.4, 0.5) is 0 Å². The first-order valence-electron chi connectivity index (χ1n) is 5.09. The Balaban J connectivity index is 3.10. The molecule has 0 heterocycles. The van der Waals surface area contributed by atoms with Gasteiger partial charge in [0.15, 0.2) is 0 Å². The Morgan fingerprint density at radius 3 is 2.38 bits per heavy atom. The molecule has 0 saturated heterocycles. The molecule has 0 spiro atoms. The van der Waals surface area contributed by atoms with Crippen LogP contribution in [0.3, 0.4) is 0 Å². The van der Waals surface area contributed by atoms with Gasteiger partial charge < -0.3 is 10.8 Å². The number of nitrogens with two attached hydrogens (primary N) is 1. The standard InChI is InChI=1S/C12H16INO2/c1-8(14)12(2,7-11(15)16)9-3-5-10(13)6-4-9/h3-6,8H,7,14H2,1-2H3,(H,15,16). The van der Waals surface area contributed by atoms with Crippen molar-refractivity contribution in [3.05, 3.63) is 33.4 Å². The summed E-state index contributed by atoms with van der Waals surface area (Å²) >= 11 is 2.22. The normalized spacial score (nSPS) is 16.5. The number of halogens is 1. The van der Waals surface area contributed by atoms with Crippen LogP contribution in [0, 0.1) is 3.57 Å². The fraction of sp³-hybridized carbons (Fsp3) is 0.417. The van der Waals surface area contributed by atoms with Crippen LogP contribution in [0.5, 0.6) is 0 Å². The zero-order valence-corrected chi connectivity index (χ0v) is 11.6. The third kappa shape index (κ3) is 2.95. The Bertz CT molecular complexity index is 375. The monoisotopic (exact) mass is 333 g/mol. The molecule has 88 valence electrons. The third-order valence-corrected chi connectivity index (χ3v) is 3.75. The second-order valence-electron chi connectivity index (χ2n) is 4.28. The van der Waals surface area contributed by atoms with E-state index in [2.05, 4.69) is 22.6 Å². The van der Waals surface area contributed by atoms with Gasteiger partial charge in [-0.3, -0.25) is 4.79 Å². The molecule has 0 saturated carbocycles. The summed E-state index contributed by atoms with van der Waals surface area (Å²) in [6.07, 6.45) is 0.0469. The van der Waals surface area contributed by atoms with Crippen molar-refractivity contribution in [1.82, 2.24) is 0 Å². The minimum absolute atomic E-state index is 0.0469. The summed E-state index contributed by atoms with van der Waals surface area (Å²) in [6, 6.07) is 7.64. The Hall–Kier alpha value is -0.620. The van der Waals surface area contributed by atoms with E-state index in [1.165, 1.54) is 0 Å². The van der Waals surface area contributed by atoms with Crippen LogP contribution in [0.15, 0.2) is 24.3 Å². The van der Waals surface area contributed by atoms with Gasteiger partial charge in [-0.2, -0.15) is 0 Å². The minimum atomic E-state index is -0.821. The van der Waals surface area contributed by atoms with Crippen molar-refractivity contribution in [3.8, 4) is 0 Å². The molecule has 3 nitrogen and oxygen atoms in total. The summed E-state index contributed by atoms with van der Waals surface area (Å²) in [7, 11) is 0. The number of carboxylic acid groups (broad SMARTS) is 1. The highest BCUT2D eigenvalue weighted by Gasteiger charge is 2.33. The second kappa shape index (κ2) is 5.14. The molecule has 0 aliphatic rings. The van der Waals surface area contributed by atoms with E-state index in [1.807, 2.05) is 38.1 Å². The van der Waals surface area contributed by atoms with Crippen molar-refractivity contribution in [3.63, 3.8) is 0 Å². The molecule has 16 heavy (non-hydrogen) atoms. The van der Waals surface area contributed by atoms with E-state index < -0.39 is 11.4 Å². The van der Waals surface area contributed by atoms with Crippen LogP contribution in [0.1, 0.15) is 25.8 Å². The summed E-state index contributed by atoms with van der Waals surface area (Å²) in [4.78, 5) is 10.9. The predicted octanol–water partition coefficient (Wildman–Crippen LogP) is 2.37. The van der Waals surface area contributed by atoms with Gasteiger partial charge in [-0.15, -0.1) is 0 Å². The first kappa shape index (κ1) is 13.4. The molecular formula is C12H16INO2. The smallest absolute Gasteiger partial charge is 0.304 e. The summed E-state index contributed by atoms with van der Waals surface area (Å²) in [6.45, 7) is 3.74. The fourth-order valence-corrected chi connectivity index (χ4v) is 2.03. The molecule has 0 bridgehead atoms. The zero-order chi connectivity index (χ0) is 12.3. The van der Waals surface area contributed by atoms with Crippen LogP contribution in [0.2, 0.25) is 0 Å². The molecular weight excluding hydrogens is 317 g/mol. The molecule has 1 aromatic carbocycles. The highest BCUT2D eigenvalue weighted by atomic mass is 127. The maximum atomic E-state index is 10.9. The van der Waals surface area contributed by atoms with Gasteiger partial charge in [0.2, 0.25) is 0 Å². The van der Waals surface area contributed by atoms with Gasteiger partial charge in [-0.1, -0.05) is 19.1 Å². The van der Waals surface area contributed by atoms with E-state index in [0.29, 0.717) is 0 Å². The number of hydrogen-bond acceptors (Lipinski definition) is 2. The van der Waals surface area contributed by atoms with Gasteiger partial charge in [0.1, 0.15) is 0 Å². The van der Waals surface area contributed by atoms with Gasteiger partial charge in [-0.25, -0.2) is 0 Å². The lowest BCUT2D eigenvalue weighted by Crippen LogP contribution is -2.42. The van der Waals surface area contributed by atoms with Gasteiger partial charge in [0.25, 0.3) is 0 Å². The lowest BCUT2D eigenvalue weighted by Gasteiger charge is -2.32. The molecule has 0 aliphatic carbocycles. The first-order valence-corrected chi connectivity index (χ1v) is 6.17. The average molecular weight is 333 g/mol. The molecule has 0 fully saturated rings. The SMILES string of the molecule is CC(N)C(C)(CC(=O)O)c1ccc(I)cc1. The lowest BCUT2D eigenvalue weighted by molar-refractivity contribution is -0.138. The molecule has 0 aliphatic heterocycles. The van der Waals surface area contributed by atoms with E-state index in [-0.39, 0.29) is 12.5 Å². The van der Waals surface area contributed by atoms with Crippen LogP contribution in [0.25, 0.3) is 0 Å². The van der Waals surface area contributed by atoms with Crippen molar-refractivity contribution < 1.29 is 9.90 Å². The van der Waals surface area contributed by atoms with Gasteiger partial charge in [0.05, 0.1) is 6.42 Å². The summed E-state index contributed by atoms with van der Waals surface area (Å²) in [5.74, 6) is -0.821. The van der Waals surface area contributed by atoms with E-state index in [1.54, 1.807) is 0 Å². The number of rotatable bonds is 4. The number of benzene rings is 1. The molecule has 2 unspecified atom stereocenters. The summed E-state index contributed by atoms with van der Waals surface area (Å²) in [5.41, 5.74) is 6.38. The van der Waals surface area contributed by atoms with Crippen LogP contribution in [-0.4, -0.2) is 17.1 Å². The van der Waals surface area contributed by atoms with Crippen molar-refractivity contribution in [2.45, 2.75) is 31.7 Å². The molecule has 0 aromatic heterocycles. The molecule has 4 heteroatoms. The predicted molar refractivity (Wildman–Crippen MR) is 72.4 cm³/mol. The average Bonchev–Trinajstić information content (AvgIpc) is 2.17. The molecule has 2 atom stereocenters. The second-order valence-corrected chi connectivity index (χ2v) is 5.53. The van der Waals surface area contributed by atoms with Gasteiger partial charge in [0, 0.05) is 15.0 Å². The van der Waals surface area contributed by atoms with Crippen molar-refractivity contribution in [1.29, 1.82) is 0 Å². The van der Waals surface area contributed by atoms with Crippen molar-refractivity contribution in [2.75, 3.05) is 0 Å². The topological polar surface area (TPSA) is 63.3 Å². The maximum absolute atomic E-state index is 10.9. The Labute approximate surface area is 109 Å². The highest BCUT2D eigenvalue weighted by molar-refractivity contribution is 14.1. The number of carbonyl (C=O) groups is 1. The minimum Gasteiger partial charge on any atom is -0.481 e. The summed E-state index contributed by atoms with van der Waals surface area (Å²) in [5, 5.41) is 8.96. The first-order chi connectivity index (χ1) is 7.36. The van der Waals surface area contributed by atoms with Crippen LogP contribution < -0.4 is 5.73 Å². The fourth-order valence-electron chi connectivity index (χ4n) is 1.67. The van der Waals surface area contributed by atoms with Gasteiger partial charge >= 0.3 is 5.97 Å². The van der Waals surface area contributed by atoms with E-state index in [0.717, 1.165) is 9.13 Å². The van der Waals surface area contributed by atoms with Crippen LogP contribution in [-0.2, 0) is 10.2 Å². The van der Waals surface area contributed by atoms with Crippen LogP contribution >= 0.6 is 22.6 Å². The van der Waals surface area contributed by atoms with E-state index in [4.69, 9.17) is 10.8 Å². The molecule has 1 rings (SSSR count). The Kier molecular flexibility index (Phi) is 4.32. The quantitative estimate of drug-likeness (QED) is 0.832. The van der Waals surface area contributed by atoms with Crippen molar-refractivity contribution >= 4 is 28.6 Å². The molecule has 0 radical (unpaired) electrons. The lowest BCUT2D eigenvalue weighted by atomic mass is 9.74. The maximum Gasteiger partial charge on any atom is 0.304 e. The number of aliphatic carboxylic acids is 1. The van der Waals surface area contributed by atoms with Crippen molar-refractivity contribution in [2.24, 2.45) is 5.73 Å². The van der Waals surface area contributed by atoms with E-state index >= 15 is 0 Å². The Morgan fingerprint density at radius 1 is 1.50 bits per heavy atom.